The fourth-order valence-corrected chi connectivity index (χ4v) is 3.72. The fraction of sp³-hybridized carbons (Fsp3) is 0.778. The molecule has 0 aliphatic carbocycles. The Labute approximate surface area is 159 Å². The van der Waals surface area contributed by atoms with Gasteiger partial charge in [-0.15, -0.1) is 0 Å². The van der Waals surface area contributed by atoms with E-state index in [1.54, 1.807) is 4.90 Å². The van der Waals surface area contributed by atoms with E-state index < -0.39 is 12.0 Å². The van der Waals surface area contributed by atoms with Crippen LogP contribution in [0.3, 0.4) is 0 Å². The molecule has 2 saturated heterocycles. The third-order valence-corrected chi connectivity index (χ3v) is 5.42. The number of nitrogens with one attached hydrogen (secondary N) is 3. The number of carbonyl (C=O) groups is 4. The third kappa shape index (κ3) is 6.82. The molecule has 0 unspecified atom stereocenters. The quantitative estimate of drug-likeness (QED) is 0.391. The average molecular weight is 382 g/mol. The van der Waals surface area contributed by atoms with Gasteiger partial charge in [0.15, 0.2) is 0 Å². The zero-order chi connectivity index (χ0) is 19.6. The SMILES string of the molecule is O=CN[C@@H](CNC(=O)[C@@H]1CCCN(C(=O)CCC2CCNCC2)C1)C(=O)O. The van der Waals surface area contributed by atoms with Crippen molar-refractivity contribution >= 4 is 24.2 Å². The van der Waals surface area contributed by atoms with E-state index in [0.717, 1.165) is 38.8 Å². The lowest BCUT2D eigenvalue weighted by Gasteiger charge is -2.33. The highest BCUT2D eigenvalue weighted by Crippen LogP contribution is 2.21. The van der Waals surface area contributed by atoms with Crippen molar-refractivity contribution in [1.82, 2.24) is 20.9 Å². The van der Waals surface area contributed by atoms with Crippen LogP contribution in [0.5, 0.6) is 0 Å². The van der Waals surface area contributed by atoms with Crippen molar-refractivity contribution in [3.05, 3.63) is 0 Å². The van der Waals surface area contributed by atoms with Crippen LogP contribution >= 0.6 is 0 Å². The number of carbonyl (C=O) groups excluding carboxylic acids is 3. The molecule has 3 amide bonds. The highest BCUT2D eigenvalue weighted by atomic mass is 16.4. The minimum atomic E-state index is -1.21. The zero-order valence-corrected chi connectivity index (χ0v) is 15.6. The molecule has 0 radical (unpaired) electrons. The van der Waals surface area contributed by atoms with Gasteiger partial charge in [0.2, 0.25) is 18.2 Å². The summed E-state index contributed by atoms with van der Waals surface area (Å²) < 4.78 is 0. The summed E-state index contributed by atoms with van der Waals surface area (Å²) in [4.78, 5) is 48.0. The summed E-state index contributed by atoms with van der Waals surface area (Å²) in [6.45, 7) is 2.89. The van der Waals surface area contributed by atoms with E-state index in [-0.39, 0.29) is 24.3 Å². The second-order valence-corrected chi connectivity index (χ2v) is 7.33. The second kappa shape index (κ2) is 10.9. The number of hydrogen-bond donors (Lipinski definition) is 4. The maximum absolute atomic E-state index is 12.5. The molecule has 27 heavy (non-hydrogen) atoms. The molecule has 9 heteroatoms. The molecule has 2 heterocycles. The van der Waals surface area contributed by atoms with Crippen LogP contribution in [0.1, 0.15) is 38.5 Å². The van der Waals surface area contributed by atoms with Crippen molar-refractivity contribution in [3.63, 3.8) is 0 Å². The predicted octanol–water partition coefficient (Wildman–Crippen LogP) is -0.680. The summed E-state index contributed by atoms with van der Waals surface area (Å²) >= 11 is 0. The molecule has 2 aliphatic rings. The fourth-order valence-electron chi connectivity index (χ4n) is 3.72. The molecule has 0 aromatic heterocycles. The van der Waals surface area contributed by atoms with Crippen molar-refractivity contribution in [1.29, 1.82) is 0 Å². The Morgan fingerprint density at radius 1 is 1.22 bits per heavy atom. The first-order chi connectivity index (χ1) is 13.0. The first kappa shape index (κ1) is 21.1. The van der Waals surface area contributed by atoms with Crippen LogP contribution in [-0.4, -0.2) is 73.0 Å². The van der Waals surface area contributed by atoms with Crippen molar-refractivity contribution in [2.24, 2.45) is 11.8 Å². The smallest absolute Gasteiger partial charge is 0.328 e. The lowest BCUT2D eigenvalue weighted by molar-refractivity contribution is -0.140. The largest absolute Gasteiger partial charge is 0.480 e. The topological polar surface area (TPSA) is 128 Å². The number of rotatable bonds is 9. The van der Waals surface area contributed by atoms with Crippen LogP contribution in [0.25, 0.3) is 0 Å². The summed E-state index contributed by atoms with van der Waals surface area (Å²) in [5.74, 6) is -1.13. The van der Waals surface area contributed by atoms with E-state index in [4.69, 9.17) is 5.11 Å². The van der Waals surface area contributed by atoms with Crippen molar-refractivity contribution in [2.75, 3.05) is 32.7 Å². The first-order valence-corrected chi connectivity index (χ1v) is 9.70. The maximum atomic E-state index is 12.5. The van der Waals surface area contributed by atoms with Gasteiger partial charge in [-0.3, -0.25) is 14.4 Å². The van der Waals surface area contributed by atoms with Gasteiger partial charge < -0.3 is 26.0 Å². The Morgan fingerprint density at radius 2 is 1.96 bits per heavy atom. The first-order valence-electron chi connectivity index (χ1n) is 9.70. The number of carboxylic acid groups (broad SMARTS) is 1. The van der Waals surface area contributed by atoms with E-state index in [1.165, 1.54) is 0 Å². The minimum Gasteiger partial charge on any atom is -0.480 e. The van der Waals surface area contributed by atoms with Gasteiger partial charge in [-0.2, -0.15) is 0 Å². The van der Waals surface area contributed by atoms with Crippen LogP contribution in [0.4, 0.5) is 0 Å². The van der Waals surface area contributed by atoms with E-state index in [1.807, 2.05) is 0 Å². The summed E-state index contributed by atoms with van der Waals surface area (Å²) in [7, 11) is 0. The number of piperidine rings is 2. The maximum Gasteiger partial charge on any atom is 0.328 e. The molecular weight excluding hydrogens is 352 g/mol. The summed E-state index contributed by atoms with van der Waals surface area (Å²) in [5.41, 5.74) is 0. The number of aliphatic carboxylic acids is 1. The van der Waals surface area contributed by atoms with Gasteiger partial charge in [0.05, 0.1) is 5.92 Å². The number of likely N-dealkylation sites (tertiary alicyclic amines) is 1. The van der Waals surface area contributed by atoms with E-state index in [9.17, 15) is 19.2 Å². The van der Waals surface area contributed by atoms with Crippen LogP contribution in [-0.2, 0) is 19.2 Å². The van der Waals surface area contributed by atoms with Crippen LogP contribution < -0.4 is 16.0 Å². The molecule has 0 spiro atoms. The lowest BCUT2D eigenvalue weighted by Crippen LogP contribution is -2.50. The summed E-state index contributed by atoms with van der Waals surface area (Å²) in [6, 6.07) is -1.15. The molecule has 4 N–H and O–H groups in total. The summed E-state index contributed by atoms with van der Waals surface area (Å²) in [6.07, 6.45) is 5.36. The van der Waals surface area contributed by atoms with E-state index >= 15 is 0 Å². The highest BCUT2D eigenvalue weighted by molar-refractivity contribution is 5.82. The van der Waals surface area contributed by atoms with Gasteiger partial charge in [0.1, 0.15) is 6.04 Å². The van der Waals surface area contributed by atoms with Crippen molar-refractivity contribution < 1.29 is 24.3 Å². The molecule has 0 aromatic rings. The number of carboxylic acids is 1. The standard InChI is InChI=1S/C18H30N4O5/c23-12-21-15(18(26)27)10-20-17(25)14-2-1-9-22(11-14)16(24)4-3-13-5-7-19-8-6-13/h12-15,19H,1-11H2,(H,20,25)(H,21,23)(H,26,27)/t14-,15+/m1/s1. The Hall–Kier alpha value is -2.16. The lowest BCUT2D eigenvalue weighted by atomic mass is 9.92. The van der Waals surface area contributed by atoms with E-state index in [0.29, 0.717) is 38.3 Å². The number of nitrogens with zero attached hydrogens (tertiary/aromatic N) is 1. The Morgan fingerprint density at radius 3 is 2.63 bits per heavy atom. The molecule has 2 aliphatic heterocycles. The molecule has 0 bridgehead atoms. The molecule has 2 atom stereocenters. The Kier molecular flexibility index (Phi) is 8.50. The molecule has 9 nitrogen and oxygen atoms in total. The van der Waals surface area contributed by atoms with Gasteiger partial charge in [-0.1, -0.05) is 0 Å². The molecule has 152 valence electrons. The third-order valence-electron chi connectivity index (χ3n) is 5.42. The molecule has 2 fully saturated rings. The number of hydrogen-bond acceptors (Lipinski definition) is 5. The van der Waals surface area contributed by atoms with Gasteiger partial charge >= 0.3 is 5.97 Å². The molecule has 2 rings (SSSR count). The van der Waals surface area contributed by atoms with Gasteiger partial charge in [0, 0.05) is 26.1 Å². The van der Waals surface area contributed by atoms with Gasteiger partial charge in [-0.25, -0.2) is 4.79 Å². The zero-order valence-electron chi connectivity index (χ0n) is 15.6. The molecular formula is C18H30N4O5. The normalized spacial score (nSPS) is 21.9. The van der Waals surface area contributed by atoms with Crippen LogP contribution in [0.2, 0.25) is 0 Å². The minimum absolute atomic E-state index is 0.0945. The highest BCUT2D eigenvalue weighted by Gasteiger charge is 2.29. The molecule has 0 aromatic carbocycles. The Balaban J connectivity index is 1.76. The van der Waals surface area contributed by atoms with Gasteiger partial charge in [-0.05, 0) is 51.1 Å². The predicted molar refractivity (Wildman–Crippen MR) is 97.8 cm³/mol. The van der Waals surface area contributed by atoms with Crippen molar-refractivity contribution in [3.8, 4) is 0 Å². The average Bonchev–Trinajstić information content (AvgIpc) is 2.69. The number of amides is 3. The Bertz CT molecular complexity index is 536. The van der Waals surface area contributed by atoms with Crippen LogP contribution in [0, 0.1) is 11.8 Å². The van der Waals surface area contributed by atoms with Crippen LogP contribution in [0.15, 0.2) is 0 Å². The molecule has 0 saturated carbocycles. The van der Waals surface area contributed by atoms with Gasteiger partial charge in [0.25, 0.3) is 0 Å². The van der Waals surface area contributed by atoms with Crippen molar-refractivity contribution in [2.45, 2.75) is 44.6 Å². The monoisotopic (exact) mass is 382 g/mol. The van der Waals surface area contributed by atoms with E-state index in [2.05, 4.69) is 16.0 Å². The second-order valence-electron chi connectivity index (χ2n) is 7.33. The summed E-state index contributed by atoms with van der Waals surface area (Å²) in [5, 5.41) is 17.0.